The summed E-state index contributed by atoms with van der Waals surface area (Å²) in [6, 6.07) is 0. The standard InChI is InChI=1S/C6H13BO3/c1-5(7(8)9)4-6(2)10-3/h4,6,8-9H,1-3H3. The molecule has 0 aromatic heterocycles. The molecule has 1 atom stereocenters. The Morgan fingerprint density at radius 3 is 2.40 bits per heavy atom. The molecule has 0 aliphatic rings. The molecule has 0 spiro atoms. The van der Waals surface area contributed by atoms with Gasteiger partial charge in [0.2, 0.25) is 0 Å². The minimum absolute atomic E-state index is 0.0678. The van der Waals surface area contributed by atoms with Gasteiger partial charge in [0.1, 0.15) is 0 Å². The van der Waals surface area contributed by atoms with E-state index in [2.05, 4.69) is 0 Å². The van der Waals surface area contributed by atoms with Crippen LogP contribution in [0.5, 0.6) is 0 Å². The van der Waals surface area contributed by atoms with Crippen molar-refractivity contribution < 1.29 is 14.8 Å². The first kappa shape index (κ1) is 9.68. The lowest BCUT2D eigenvalue weighted by Crippen LogP contribution is -2.15. The molecule has 2 N–H and O–H groups in total. The summed E-state index contributed by atoms with van der Waals surface area (Å²) in [5.74, 6) is 0. The van der Waals surface area contributed by atoms with Crippen LogP contribution in [0.25, 0.3) is 0 Å². The lowest BCUT2D eigenvalue weighted by atomic mass is 9.80. The van der Waals surface area contributed by atoms with Crippen molar-refractivity contribution >= 4 is 7.12 Å². The number of methoxy groups -OCH3 is 1. The van der Waals surface area contributed by atoms with Crippen LogP contribution >= 0.6 is 0 Å². The van der Waals surface area contributed by atoms with Gasteiger partial charge in [0.25, 0.3) is 0 Å². The average Bonchev–Trinajstić information content (AvgIpc) is 1.87. The predicted octanol–water partition coefficient (Wildman–Crippen LogP) is -0.0204. The van der Waals surface area contributed by atoms with E-state index in [4.69, 9.17) is 14.8 Å². The first-order valence-electron chi connectivity index (χ1n) is 3.15. The Morgan fingerprint density at radius 1 is 1.60 bits per heavy atom. The average molecular weight is 144 g/mol. The molecule has 10 heavy (non-hydrogen) atoms. The lowest BCUT2D eigenvalue weighted by Gasteiger charge is -2.04. The molecule has 0 saturated heterocycles. The molecule has 0 aliphatic carbocycles. The molecule has 0 heterocycles. The maximum atomic E-state index is 8.60. The summed E-state index contributed by atoms with van der Waals surface area (Å²) < 4.78 is 4.87. The van der Waals surface area contributed by atoms with E-state index < -0.39 is 7.12 Å². The Morgan fingerprint density at radius 2 is 2.10 bits per heavy atom. The van der Waals surface area contributed by atoms with Crippen molar-refractivity contribution in [3.63, 3.8) is 0 Å². The first-order chi connectivity index (χ1) is 4.57. The van der Waals surface area contributed by atoms with E-state index in [0.29, 0.717) is 5.47 Å². The van der Waals surface area contributed by atoms with Crippen LogP contribution in [-0.2, 0) is 4.74 Å². The molecular formula is C6H13BO3. The predicted molar refractivity (Wildman–Crippen MR) is 40.4 cm³/mol. The molecule has 0 bridgehead atoms. The van der Waals surface area contributed by atoms with Crippen LogP contribution in [0.4, 0.5) is 0 Å². The zero-order valence-electron chi connectivity index (χ0n) is 6.53. The Bertz CT molecular complexity index is 122. The monoisotopic (exact) mass is 144 g/mol. The Balaban J connectivity index is 3.89. The topological polar surface area (TPSA) is 49.7 Å². The van der Waals surface area contributed by atoms with E-state index in [9.17, 15) is 0 Å². The van der Waals surface area contributed by atoms with Gasteiger partial charge in [0.15, 0.2) is 0 Å². The molecule has 0 fully saturated rings. The van der Waals surface area contributed by atoms with Gasteiger partial charge >= 0.3 is 7.12 Å². The highest BCUT2D eigenvalue weighted by atomic mass is 16.5. The third kappa shape index (κ3) is 3.66. The Kier molecular flexibility index (Phi) is 4.35. The van der Waals surface area contributed by atoms with Crippen molar-refractivity contribution in [1.29, 1.82) is 0 Å². The van der Waals surface area contributed by atoms with Crippen LogP contribution in [0.1, 0.15) is 13.8 Å². The van der Waals surface area contributed by atoms with Crippen LogP contribution in [-0.4, -0.2) is 30.4 Å². The van der Waals surface area contributed by atoms with Crippen LogP contribution in [0.3, 0.4) is 0 Å². The van der Waals surface area contributed by atoms with E-state index >= 15 is 0 Å². The number of rotatable bonds is 3. The largest absolute Gasteiger partial charge is 0.483 e. The summed E-state index contributed by atoms with van der Waals surface area (Å²) in [5, 5.41) is 17.2. The van der Waals surface area contributed by atoms with E-state index in [-0.39, 0.29) is 6.10 Å². The van der Waals surface area contributed by atoms with Gasteiger partial charge in [-0.1, -0.05) is 6.08 Å². The highest BCUT2D eigenvalue weighted by molar-refractivity contribution is 6.50. The van der Waals surface area contributed by atoms with Crippen LogP contribution < -0.4 is 0 Å². The molecule has 0 aromatic rings. The zero-order chi connectivity index (χ0) is 8.15. The normalized spacial score (nSPS) is 15.1. The fourth-order valence-corrected chi connectivity index (χ4v) is 0.524. The van der Waals surface area contributed by atoms with E-state index in [1.807, 2.05) is 6.92 Å². The van der Waals surface area contributed by atoms with Gasteiger partial charge in [-0.3, -0.25) is 0 Å². The van der Waals surface area contributed by atoms with E-state index in [1.165, 1.54) is 0 Å². The van der Waals surface area contributed by atoms with Crippen molar-refractivity contribution in [1.82, 2.24) is 0 Å². The maximum absolute atomic E-state index is 8.60. The van der Waals surface area contributed by atoms with Gasteiger partial charge in [0, 0.05) is 7.11 Å². The minimum atomic E-state index is -1.36. The van der Waals surface area contributed by atoms with Crippen molar-refractivity contribution in [3.8, 4) is 0 Å². The SMILES string of the molecule is COC(C)C=C(C)B(O)O. The Labute approximate surface area is 61.5 Å². The molecule has 1 unspecified atom stereocenters. The highest BCUT2D eigenvalue weighted by Crippen LogP contribution is 1.98. The van der Waals surface area contributed by atoms with Crippen LogP contribution in [0, 0.1) is 0 Å². The third-order valence-corrected chi connectivity index (χ3v) is 1.28. The van der Waals surface area contributed by atoms with Crippen LogP contribution in [0.15, 0.2) is 11.5 Å². The molecule has 0 radical (unpaired) electrons. The van der Waals surface area contributed by atoms with Gasteiger partial charge in [-0.15, -0.1) is 0 Å². The van der Waals surface area contributed by atoms with Gasteiger partial charge in [-0.2, -0.15) is 0 Å². The molecule has 0 saturated carbocycles. The van der Waals surface area contributed by atoms with Gasteiger partial charge in [-0.25, -0.2) is 0 Å². The van der Waals surface area contributed by atoms with E-state index in [1.54, 1.807) is 20.1 Å². The summed E-state index contributed by atoms with van der Waals surface area (Å²) in [6.07, 6.45) is 1.59. The van der Waals surface area contributed by atoms with Crippen molar-refractivity contribution in [2.24, 2.45) is 0 Å². The Hall–Kier alpha value is -0.315. The molecule has 0 aliphatic heterocycles. The molecule has 0 aromatic carbocycles. The smallest absolute Gasteiger partial charge is 0.423 e. The van der Waals surface area contributed by atoms with Gasteiger partial charge in [0.05, 0.1) is 6.10 Å². The molecule has 3 nitrogen and oxygen atoms in total. The summed E-state index contributed by atoms with van der Waals surface area (Å²) >= 11 is 0. The van der Waals surface area contributed by atoms with Gasteiger partial charge in [-0.05, 0) is 19.3 Å². The second-order valence-electron chi connectivity index (χ2n) is 2.23. The summed E-state index contributed by atoms with van der Waals surface area (Å²) in [4.78, 5) is 0. The molecule has 4 heteroatoms. The fourth-order valence-electron chi connectivity index (χ4n) is 0.524. The third-order valence-electron chi connectivity index (χ3n) is 1.28. The van der Waals surface area contributed by atoms with Crippen molar-refractivity contribution in [2.45, 2.75) is 20.0 Å². The second kappa shape index (κ2) is 4.49. The maximum Gasteiger partial charge on any atom is 0.483 e. The van der Waals surface area contributed by atoms with Crippen molar-refractivity contribution in [2.75, 3.05) is 7.11 Å². The van der Waals surface area contributed by atoms with Crippen LogP contribution in [0.2, 0.25) is 0 Å². The minimum Gasteiger partial charge on any atom is -0.423 e. The second-order valence-corrected chi connectivity index (χ2v) is 2.23. The number of hydrogen-bond donors (Lipinski definition) is 2. The number of allylic oxidation sites excluding steroid dienone is 1. The molecule has 58 valence electrons. The fraction of sp³-hybridized carbons (Fsp3) is 0.667. The lowest BCUT2D eigenvalue weighted by molar-refractivity contribution is 0.155. The zero-order valence-corrected chi connectivity index (χ0v) is 6.53. The summed E-state index contributed by atoms with van der Waals surface area (Å²) in [6.45, 7) is 3.46. The first-order valence-corrected chi connectivity index (χ1v) is 3.15. The molecule has 0 amide bonds. The molecule has 0 rings (SSSR count). The molecular weight excluding hydrogens is 131 g/mol. The van der Waals surface area contributed by atoms with E-state index in [0.717, 1.165) is 0 Å². The quantitative estimate of drug-likeness (QED) is 0.547. The van der Waals surface area contributed by atoms with Crippen molar-refractivity contribution in [3.05, 3.63) is 11.5 Å². The number of hydrogen-bond acceptors (Lipinski definition) is 3. The highest BCUT2D eigenvalue weighted by Gasteiger charge is 2.09. The summed E-state index contributed by atoms with van der Waals surface area (Å²) in [5.41, 5.74) is 0.509. The van der Waals surface area contributed by atoms with Gasteiger partial charge < -0.3 is 14.8 Å². The number of ether oxygens (including phenoxy) is 1. The summed E-state index contributed by atoms with van der Waals surface area (Å²) in [7, 11) is 0.204.